The maximum absolute atomic E-state index is 12.4. The zero-order valence-electron chi connectivity index (χ0n) is 14.5. The van der Waals surface area contributed by atoms with E-state index in [2.05, 4.69) is 15.8 Å². The monoisotopic (exact) mass is 343 g/mol. The van der Waals surface area contributed by atoms with Crippen LogP contribution in [0, 0.1) is 5.92 Å². The fourth-order valence-electron chi connectivity index (χ4n) is 2.29. The number of carbonyl (C=O) groups excluding carboxylic acids is 2. The summed E-state index contributed by atoms with van der Waals surface area (Å²) in [5.41, 5.74) is 1.74. The Morgan fingerprint density at radius 2 is 1.96 bits per heavy atom. The van der Waals surface area contributed by atoms with Crippen molar-refractivity contribution in [2.75, 3.05) is 17.7 Å². The van der Waals surface area contributed by atoms with Crippen LogP contribution >= 0.6 is 0 Å². The van der Waals surface area contributed by atoms with Gasteiger partial charge in [-0.3, -0.25) is 9.59 Å². The van der Waals surface area contributed by atoms with E-state index >= 15 is 0 Å². The molecule has 0 saturated heterocycles. The summed E-state index contributed by atoms with van der Waals surface area (Å²) in [6.45, 7) is 3.59. The average molecular weight is 343 g/mol. The molecule has 1 aromatic carbocycles. The van der Waals surface area contributed by atoms with Crippen molar-refractivity contribution in [1.29, 1.82) is 0 Å². The molecule has 7 nitrogen and oxygen atoms in total. The molecule has 1 saturated carbocycles. The second-order valence-electron chi connectivity index (χ2n) is 6.40. The first kappa shape index (κ1) is 17.0. The van der Waals surface area contributed by atoms with Crippen molar-refractivity contribution in [2.45, 2.75) is 32.6 Å². The highest BCUT2D eigenvalue weighted by Crippen LogP contribution is 2.39. The summed E-state index contributed by atoms with van der Waals surface area (Å²) in [5, 5.41) is 9.49. The van der Waals surface area contributed by atoms with E-state index in [1.54, 1.807) is 38.1 Å². The molecule has 2 aromatic rings. The lowest BCUT2D eigenvalue weighted by Crippen LogP contribution is -2.20. The Balaban J connectivity index is 1.80. The summed E-state index contributed by atoms with van der Waals surface area (Å²) in [6, 6.07) is 6.71. The van der Waals surface area contributed by atoms with Crippen LogP contribution in [-0.2, 0) is 4.79 Å². The predicted molar refractivity (Wildman–Crippen MR) is 92.9 cm³/mol. The number of nitrogens with one attached hydrogen (secondary N) is 2. The van der Waals surface area contributed by atoms with E-state index in [4.69, 9.17) is 9.26 Å². The van der Waals surface area contributed by atoms with Crippen LogP contribution < -0.4 is 15.4 Å². The van der Waals surface area contributed by atoms with E-state index in [9.17, 15) is 9.59 Å². The van der Waals surface area contributed by atoms with E-state index in [0.717, 1.165) is 18.5 Å². The van der Waals surface area contributed by atoms with Crippen molar-refractivity contribution in [3.63, 3.8) is 0 Å². The van der Waals surface area contributed by atoms with Gasteiger partial charge in [-0.2, -0.15) is 0 Å². The normalized spacial score (nSPS) is 13.6. The van der Waals surface area contributed by atoms with Crippen LogP contribution in [0.4, 0.5) is 11.4 Å². The number of hydrogen-bond acceptors (Lipinski definition) is 5. The van der Waals surface area contributed by atoms with Gasteiger partial charge in [0, 0.05) is 24.0 Å². The highest BCUT2D eigenvalue weighted by atomic mass is 16.5. The quantitative estimate of drug-likeness (QED) is 0.838. The molecule has 2 amide bonds. The molecule has 1 aliphatic rings. The van der Waals surface area contributed by atoms with Crippen LogP contribution in [0.1, 0.15) is 48.9 Å². The smallest absolute Gasteiger partial charge is 0.294 e. The molecule has 3 rings (SSSR count). The van der Waals surface area contributed by atoms with Gasteiger partial charge in [-0.25, -0.2) is 0 Å². The lowest BCUT2D eigenvalue weighted by molar-refractivity contribution is -0.118. The van der Waals surface area contributed by atoms with Crippen LogP contribution in [0.15, 0.2) is 28.8 Å². The topological polar surface area (TPSA) is 93.5 Å². The second-order valence-corrected chi connectivity index (χ2v) is 6.40. The zero-order chi connectivity index (χ0) is 18.0. The van der Waals surface area contributed by atoms with Gasteiger partial charge in [-0.05, 0) is 25.0 Å². The fraction of sp³-hybridized carbons (Fsp3) is 0.389. The van der Waals surface area contributed by atoms with E-state index < -0.39 is 5.91 Å². The maximum Gasteiger partial charge on any atom is 0.294 e. The van der Waals surface area contributed by atoms with Crippen molar-refractivity contribution >= 4 is 23.2 Å². The van der Waals surface area contributed by atoms with Gasteiger partial charge in [0.2, 0.25) is 11.7 Å². The first-order chi connectivity index (χ1) is 12.0. The summed E-state index contributed by atoms with van der Waals surface area (Å²) in [5.74, 6) is 0.369. The van der Waals surface area contributed by atoms with Crippen LogP contribution in [0.2, 0.25) is 0 Å². The van der Waals surface area contributed by atoms with E-state index in [1.807, 2.05) is 0 Å². The van der Waals surface area contributed by atoms with Crippen LogP contribution in [0.25, 0.3) is 0 Å². The highest BCUT2D eigenvalue weighted by molar-refractivity contribution is 6.06. The van der Waals surface area contributed by atoms with Crippen molar-refractivity contribution in [3.05, 3.63) is 35.7 Å². The molecule has 1 fully saturated rings. The largest absolute Gasteiger partial charge is 0.497 e. The Morgan fingerprint density at radius 3 is 2.60 bits per heavy atom. The van der Waals surface area contributed by atoms with Crippen molar-refractivity contribution in [2.24, 2.45) is 5.92 Å². The summed E-state index contributed by atoms with van der Waals surface area (Å²) in [7, 11) is 1.53. The summed E-state index contributed by atoms with van der Waals surface area (Å²) in [6.07, 6.45) is 2.16. The number of benzene rings is 1. The van der Waals surface area contributed by atoms with Crippen molar-refractivity contribution in [3.8, 4) is 5.75 Å². The number of amides is 2. The molecule has 25 heavy (non-hydrogen) atoms. The Labute approximate surface area is 145 Å². The Morgan fingerprint density at radius 1 is 1.20 bits per heavy atom. The third kappa shape index (κ3) is 3.99. The van der Waals surface area contributed by atoms with Gasteiger partial charge in [-0.1, -0.05) is 19.0 Å². The lowest BCUT2D eigenvalue weighted by Gasteiger charge is -2.14. The van der Waals surface area contributed by atoms with Gasteiger partial charge in [0.05, 0.1) is 24.2 Å². The van der Waals surface area contributed by atoms with Crippen LogP contribution in [0.5, 0.6) is 5.75 Å². The molecule has 0 radical (unpaired) electrons. The SMILES string of the molecule is COc1ccc(NC(=O)C(C)C)c(NC(=O)c2cc(C3CC3)no2)c1. The Kier molecular flexibility index (Phi) is 4.74. The van der Waals surface area contributed by atoms with Gasteiger partial charge in [0.15, 0.2) is 0 Å². The Bertz CT molecular complexity index is 793. The molecular formula is C18H21N3O4. The number of nitrogens with zero attached hydrogens (tertiary/aromatic N) is 1. The van der Waals surface area contributed by atoms with Crippen LogP contribution in [-0.4, -0.2) is 24.1 Å². The molecule has 7 heteroatoms. The van der Waals surface area contributed by atoms with Gasteiger partial charge in [0.25, 0.3) is 5.91 Å². The molecule has 132 valence electrons. The van der Waals surface area contributed by atoms with Gasteiger partial charge < -0.3 is 19.9 Å². The zero-order valence-corrected chi connectivity index (χ0v) is 14.5. The first-order valence-electron chi connectivity index (χ1n) is 8.24. The Hall–Kier alpha value is -2.83. The van der Waals surface area contributed by atoms with Gasteiger partial charge in [0.1, 0.15) is 5.75 Å². The summed E-state index contributed by atoms with van der Waals surface area (Å²) >= 11 is 0. The molecule has 1 aliphatic carbocycles. The minimum absolute atomic E-state index is 0.142. The molecule has 0 spiro atoms. The molecule has 1 aromatic heterocycles. The molecule has 2 N–H and O–H groups in total. The third-order valence-electron chi connectivity index (χ3n) is 4.00. The fourth-order valence-corrected chi connectivity index (χ4v) is 2.29. The van der Waals surface area contributed by atoms with Crippen molar-refractivity contribution < 1.29 is 18.8 Å². The van der Waals surface area contributed by atoms with E-state index in [1.165, 1.54) is 7.11 Å². The molecule has 1 heterocycles. The number of ether oxygens (including phenoxy) is 1. The predicted octanol–water partition coefficient (Wildman–Crippen LogP) is 3.41. The number of rotatable bonds is 6. The number of methoxy groups -OCH3 is 1. The van der Waals surface area contributed by atoms with Gasteiger partial charge in [-0.15, -0.1) is 0 Å². The van der Waals surface area contributed by atoms with E-state index in [-0.39, 0.29) is 17.6 Å². The average Bonchev–Trinajstić information content (AvgIpc) is 3.32. The van der Waals surface area contributed by atoms with Gasteiger partial charge >= 0.3 is 0 Å². The summed E-state index contributed by atoms with van der Waals surface area (Å²) in [4.78, 5) is 24.4. The standard InChI is InChI=1S/C18H21N3O4/c1-10(2)17(22)19-13-7-6-12(24-3)8-15(13)20-18(23)16-9-14(21-25-16)11-4-5-11/h6-11H,4-5H2,1-3H3,(H,19,22)(H,20,23). The van der Waals surface area contributed by atoms with Crippen LogP contribution in [0.3, 0.4) is 0 Å². The number of aromatic nitrogens is 1. The molecule has 0 aliphatic heterocycles. The minimum Gasteiger partial charge on any atom is -0.497 e. The number of carbonyl (C=O) groups is 2. The molecule has 0 bridgehead atoms. The number of anilines is 2. The first-order valence-corrected chi connectivity index (χ1v) is 8.24. The lowest BCUT2D eigenvalue weighted by atomic mass is 10.2. The summed E-state index contributed by atoms with van der Waals surface area (Å²) < 4.78 is 10.3. The molecule has 0 unspecified atom stereocenters. The number of hydrogen-bond donors (Lipinski definition) is 2. The third-order valence-corrected chi connectivity index (χ3v) is 4.00. The van der Waals surface area contributed by atoms with E-state index in [0.29, 0.717) is 23.0 Å². The molecular weight excluding hydrogens is 322 g/mol. The molecule has 0 atom stereocenters. The minimum atomic E-state index is -0.423. The second kappa shape index (κ2) is 6.96. The maximum atomic E-state index is 12.4. The van der Waals surface area contributed by atoms with Crippen molar-refractivity contribution in [1.82, 2.24) is 5.16 Å². The highest BCUT2D eigenvalue weighted by Gasteiger charge is 2.28.